The molecule has 7 heteroatoms. The highest BCUT2D eigenvalue weighted by atomic mass is 15.2. The topological polar surface area (TPSA) is 54.5 Å². The average Bonchev–Trinajstić information content (AvgIpc) is 3.93. The first-order valence-electron chi connectivity index (χ1n) is 24.5. The van der Waals surface area contributed by atoms with Crippen LogP contribution in [0.25, 0.3) is 77.8 Å². The smallest absolute Gasteiger partial charge is 0.236 e. The van der Waals surface area contributed by atoms with Gasteiger partial charge in [-0.2, -0.15) is 9.15 Å². The number of aromatic nitrogens is 5. The Morgan fingerprint density at radius 1 is 0.414 bits per heavy atom. The minimum absolute atomic E-state index is 0.0613. The molecule has 0 saturated heterocycles. The lowest BCUT2D eigenvalue weighted by Crippen LogP contribution is -2.41. The molecule has 6 aliphatic rings. The summed E-state index contributed by atoms with van der Waals surface area (Å²) < 4.78 is 10.2. The first-order valence-corrected chi connectivity index (χ1v) is 24.5. The average molecular weight is 900 g/mol. The number of para-hydroxylation sites is 4. The van der Waals surface area contributed by atoms with Gasteiger partial charge in [-0.25, -0.2) is 15.0 Å². The zero-order valence-electron chi connectivity index (χ0n) is 39.2. The Hall–Kier alpha value is -8.55. The molecular formula is C63H45N7+2. The fourth-order valence-corrected chi connectivity index (χ4v) is 13.4. The molecule has 7 nitrogen and oxygen atoms in total. The van der Waals surface area contributed by atoms with Crippen LogP contribution in [-0.4, -0.2) is 35.5 Å². The molecule has 0 bridgehead atoms. The molecule has 10 aromatic rings. The van der Waals surface area contributed by atoms with Gasteiger partial charge in [0.1, 0.15) is 23.1 Å². The molecule has 2 aliphatic carbocycles. The molecule has 3 aromatic heterocycles. The Kier molecular flexibility index (Phi) is 7.22. The quantitative estimate of drug-likeness (QED) is 0.162. The molecule has 0 spiro atoms. The molecule has 0 saturated carbocycles. The molecule has 2 unspecified atom stereocenters. The standard InChI is InChI=1S/C63H45N7/c1-62(2)45-26-14-24-41-43-32-37(34-51-55(43)69(53(41)45)57-47(62)28-16-30-49(57)67(51)39-20-10-6-11-21-39)60-64-59(36-18-8-5-9-19-36)65-61(66-60)38-33-44-42-25-15-27-46-54(42)70-56(44)52(35-38)68(40-22-12-7-13-23-40)50-31-17-29-48(58(50)70)63(46,3)4/h5-35,57-58H,1-4H3/q+2. The van der Waals surface area contributed by atoms with Gasteiger partial charge < -0.3 is 9.13 Å². The molecular weight excluding hydrogens is 855 g/mol. The summed E-state index contributed by atoms with van der Waals surface area (Å²) in [6, 6.07) is 55.3. The first-order chi connectivity index (χ1) is 34.3. The van der Waals surface area contributed by atoms with Gasteiger partial charge in [0, 0.05) is 97.6 Å². The summed E-state index contributed by atoms with van der Waals surface area (Å²) in [7, 11) is 0. The van der Waals surface area contributed by atoms with E-state index in [-0.39, 0.29) is 22.9 Å². The lowest BCUT2D eigenvalue weighted by molar-refractivity contribution is 0.528. The van der Waals surface area contributed by atoms with Crippen molar-refractivity contribution in [2.24, 2.45) is 0 Å². The van der Waals surface area contributed by atoms with Gasteiger partial charge in [0.05, 0.1) is 11.0 Å². The van der Waals surface area contributed by atoms with E-state index >= 15 is 0 Å². The van der Waals surface area contributed by atoms with E-state index < -0.39 is 0 Å². The molecule has 0 radical (unpaired) electrons. The van der Waals surface area contributed by atoms with Crippen LogP contribution in [0.4, 0.5) is 22.7 Å². The van der Waals surface area contributed by atoms with E-state index in [1.807, 2.05) is 6.07 Å². The Morgan fingerprint density at radius 3 is 1.27 bits per heavy atom. The normalized spacial score (nSPS) is 19.3. The van der Waals surface area contributed by atoms with Gasteiger partial charge in [0.25, 0.3) is 0 Å². The molecule has 70 heavy (non-hydrogen) atoms. The van der Waals surface area contributed by atoms with Crippen LogP contribution in [0.15, 0.2) is 199 Å². The van der Waals surface area contributed by atoms with Crippen molar-refractivity contribution in [2.75, 3.05) is 0 Å². The van der Waals surface area contributed by atoms with Crippen LogP contribution in [0, 0.1) is 0 Å². The van der Waals surface area contributed by atoms with Crippen molar-refractivity contribution in [1.82, 2.24) is 33.2 Å². The summed E-state index contributed by atoms with van der Waals surface area (Å²) in [6.45, 7) is 9.57. The van der Waals surface area contributed by atoms with E-state index in [1.165, 1.54) is 77.3 Å². The predicted octanol–water partition coefficient (Wildman–Crippen LogP) is 14.3. The van der Waals surface area contributed by atoms with Crippen LogP contribution in [0.2, 0.25) is 0 Å². The van der Waals surface area contributed by atoms with E-state index in [0.717, 1.165) is 39.4 Å². The highest BCUT2D eigenvalue weighted by molar-refractivity contribution is 6.22. The van der Waals surface area contributed by atoms with Crippen molar-refractivity contribution < 1.29 is 0 Å². The van der Waals surface area contributed by atoms with Gasteiger partial charge >= 0.3 is 0 Å². The number of benzene rings is 7. The van der Waals surface area contributed by atoms with Crippen LogP contribution in [0.1, 0.15) is 50.9 Å². The van der Waals surface area contributed by atoms with Crippen LogP contribution >= 0.6 is 0 Å². The fourth-order valence-electron chi connectivity index (χ4n) is 13.4. The van der Waals surface area contributed by atoms with Crippen LogP contribution in [0.3, 0.4) is 0 Å². The third-order valence-electron chi connectivity index (χ3n) is 16.5. The van der Waals surface area contributed by atoms with Gasteiger partial charge in [0.15, 0.2) is 17.5 Å². The summed E-state index contributed by atoms with van der Waals surface area (Å²) in [5.74, 6) is 1.90. The fraction of sp³-hybridized carbons (Fsp3) is 0.127. The third-order valence-corrected chi connectivity index (χ3v) is 16.5. The van der Waals surface area contributed by atoms with Crippen LogP contribution in [-0.2, 0) is 10.8 Å². The minimum Gasteiger partial charge on any atom is -0.317 e. The van der Waals surface area contributed by atoms with E-state index in [1.54, 1.807) is 0 Å². The maximum atomic E-state index is 5.60. The molecule has 0 N–H and O–H groups in total. The summed E-state index contributed by atoms with van der Waals surface area (Å²) in [6.07, 6.45) is 13.8. The van der Waals surface area contributed by atoms with E-state index in [0.29, 0.717) is 17.5 Å². The van der Waals surface area contributed by atoms with Crippen molar-refractivity contribution in [3.05, 3.63) is 210 Å². The summed E-state index contributed by atoms with van der Waals surface area (Å²) >= 11 is 0. The molecule has 4 aliphatic heterocycles. The van der Waals surface area contributed by atoms with E-state index in [4.69, 9.17) is 15.0 Å². The number of hydrogen-bond acceptors (Lipinski definition) is 3. The zero-order chi connectivity index (χ0) is 46.4. The van der Waals surface area contributed by atoms with E-state index in [9.17, 15) is 0 Å². The van der Waals surface area contributed by atoms with Crippen molar-refractivity contribution in [1.29, 1.82) is 0 Å². The number of nitrogens with zero attached hydrogens (tertiary/aromatic N) is 7. The second-order valence-corrected chi connectivity index (χ2v) is 20.8. The monoisotopic (exact) mass is 899 g/mol. The lowest BCUT2D eigenvalue weighted by Gasteiger charge is -2.42. The minimum atomic E-state index is -0.176. The third kappa shape index (κ3) is 4.72. The van der Waals surface area contributed by atoms with Gasteiger partial charge in [0.2, 0.25) is 34.2 Å². The Morgan fingerprint density at radius 2 is 0.829 bits per heavy atom. The molecule has 330 valence electrons. The lowest BCUT2D eigenvalue weighted by atomic mass is 9.69. The summed E-state index contributed by atoms with van der Waals surface area (Å²) in [4.78, 5) is 16.4. The molecule has 2 atom stereocenters. The maximum absolute atomic E-state index is 5.60. The Balaban J connectivity index is 1.00. The molecule has 0 fully saturated rings. The first kappa shape index (κ1) is 38.4. The largest absolute Gasteiger partial charge is 0.317 e. The van der Waals surface area contributed by atoms with Crippen LogP contribution < -0.4 is 9.15 Å². The van der Waals surface area contributed by atoms with Crippen LogP contribution in [0.5, 0.6) is 0 Å². The highest BCUT2D eigenvalue weighted by Gasteiger charge is 2.51. The molecule has 7 heterocycles. The summed E-state index contributed by atoms with van der Waals surface area (Å²) in [5, 5.41) is 4.88. The predicted molar refractivity (Wildman–Crippen MR) is 287 cm³/mol. The SMILES string of the molecule is CC1(C)C2=CC=CC3=[N+](c4ccccc4)c4cc(-c5nc(-c6ccccc6)nc(-c6cc7c8c(c6)c6cccc9c6n8C6C(=CC=CC6=[N+]7c6ccccc6)C9(C)C)n5)cc5c6cccc1c6n(c45)C23. The number of fused-ring (bicyclic) bond motifs is 2. The maximum Gasteiger partial charge on any atom is 0.236 e. The van der Waals surface area contributed by atoms with Crippen molar-refractivity contribution in [3.8, 4) is 34.2 Å². The van der Waals surface area contributed by atoms with Crippen molar-refractivity contribution in [3.63, 3.8) is 0 Å². The van der Waals surface area contributed by atoms with Crippen molar-refractivity contribution in [2.45, 2.75) is 50.6 Å². The Labute approximate surface area is 404 Å². The van der Waals surface area contributed by atoms with Crippen molar-refractivity contribution >= 4 is 77.8 Å². The van der Waals surface area contributed by atoms with Gasteiger partial charge in [-0.15, -0.1) is 0 Å². The summed E-state index contributed by atoms with van der Waals surface area (Å²) in [5.41, 5.74) is 20.0. The molecule has 16 rings (SSSR count). The second-order valence-electron chi connectivity index (χ2n) is 20.8. The molecule has 0 amide bonds. The van der Waals surface area contributed by atoms with E-state index in [2.05, 4.69) is 228 Å². The molecule has 7 aromatic carbocycles. The van der Waals surface area contributed by atoms with Gasteiger partial charge in [-0.05, 0) is 34.4 Å². The number of hydrogen-bond donors (Lipinski definition) is 0. The Bertz CT molecular complexity index is 4010. The number of rotatable bonds is 5. The zero-order valence-corrected chi connectivity index (χ0v) is 39.2. The van der Waals surface area contributed by atoms with Gasteiger partial charge in [-0.3, -0.25) is 0 Å². The second kappa shape index (κ2) is 13.2. The number of allylic oxidation sites excluding steroid dienone is 8. The van der Waals surface area contributed by atoms with Gasteiger partial charge in [-0.1, -0.05) is 155 Å². The highest BCUT2D eigenvalue weighted by Crippen LogP contribution is 2.57.